The molecular formula is C16H23ClN4. The first-order valence-corrected chi connectivity index (χ1v) is 8.22. The number of imidazole rings is 1. The van der Waals surface area contributed by atoms with Gasteiger partial charge in [-0.15, -0.1) is 0 Å². The van der Waals surface area contributed by atoms with Gasteiger partial charge in [0.15, 0.2) is 5.65 Å². The van der Waals surface area contributed by atoms with E-state index in [9.17, 15) is 0 Å². The number of halogens is 1. The third kappa shape index (κ3) is 3.38. The highest BCUT2D eigenvalue weighted by atomic mass is 35.5. The second kappa shape index (κ2) is 6.32. The molecular weight excluding hydrogens is 284 g/mol. The molecule has 0 bridgehead atoms. The number of pyridine rings is 1. The molecule has 0 radical (unpaired) electrons. The fourth-order valence-electron chi connectivity index (χ4n) is 3.08. The second-order valence-electron chi connectivity index (χ2n) is 6.45. The molecule has 2 aromatic rings. The van der Waals surface area contributed by atoms with Crippen molar-refractivity contribution in [2.75, 3.05) is 13.1 Å². The van der Waals surface area contributed by atoms with E-state index < -0.39 is 0 Å². The van der Waals surface area contributed by atoms with Gasteiger partial charge in [-0.25, -0.2) is 9.97 Å². The van der Waals surface area contributed by atoms with Crippen molar-refractivity contribution in [1.29, 1.82) is 0 Å². The molecule has 1 unspecified atom stereocenters. The molecule has 1 fully saturated rings. The first kappa shape index (κ1) is 14.8. The average molecular weight is 307 g/mol. The van der Waals surface area contributed by atoms with Crippen LogP contribution in [0.2, 0.25) is 5.02 Å². The highest BCUT2D eigenvalue weighted by Gasteiger charge is 2.19. The minimum atomic E-state index is 0.584. The minimum Gasteiger partial charge on any atom is -0.316 e. The van der Waals surface area contributed by atoms with Crippen LogP contribution in [0.3, 0.4) is 0 Å². The molecule has 3 rings (SSSR count). The molecule has 0 amide bonds. The van der Waals surface area contributed by atoms with Crippen LogP contribution in [0.5, 0.6) is 0 Å². The monoisotopic (exact) mass is 306 g/mol. The number of hydrogen-bond donors (Lipinski definition) is 1. The Bertz CT molecular complexity index is 614. The number of rotatable bonds is 4. The Morgan fingerprint density at radius 1 is 1.48 bits per heavy atom. The molecule has 2 aromatic heterocycles. The number of nitrogens with zero attached hydrogens (tertiary/aromatic N) is 3. The normalized spacial score (nSPS) is 19.5. The third-order valence-electron chi connectivity index (χ3n) is 4.06. The van der Waals surface area contributed by atoms with E-state index in [1.54, 1.807) is 6.20 Å². The number of fused-ring (bicyclic) bond motifs is 1. The summed E-state index contributed by atoms with van der Waals surface area (Å²) in [6, 6.07) is 1.92. The summed E-state index contributed by atoms with van der Waals surface area (Å²) in [5, 5.41) is 4.14. The molecule has 114 valence electrons. The van der Waals surface area contributed by atoms with Crippen LogP contribution in [0, 0.1) is 11.8 Å². The quantitative estimate of drug-likeness (QED) is 0.942. The summed E-state index contributed by atoms with van der Waals surface area (Å²) >= 11 is 6.06. The first-order chi connectivity index (χ1) is 10.1. The molecule has 21 heavy (non-hydrogen) atoms. The molecule has 1 aliphatic rings. The van der Waals surface area contributed by atoms with E-state index in [4.69, 9.17) is 16.6 Å². The third-order valence-corrected chi connectivity index (χ3v) is 4.27. The molecule has 0 aliphatic carbocycles. The van der Waals surface area contributed by atoms with Gasteiger partial charge in [-0.05, 0) is 43.8 Å². The van der Waals surface area contributed by atoms with Gasteiger partial charge >= 0.3 is 0 Å². The molecule has 0 spiro atoms. The smallest absolute Gasteiger partial charge is 0.160 e. The molecule has 1 aliphatic heterocycles. The molecule has 1 N–H and O–H groups in total. The largest absolute Gasteiger partial charge is 0.316 e. The van der Waals surface area contributed by atoms with Gasteiger partial charge in [0.05, 0.1) is 5.02 Å². The van der Waals surface area contributed by atoms with Crippen molar-refractivity contribution in [1.82, 2.24) is 19.9 Å². The summed E-state index contributed by atoms with van der Waals surface area (Å²) in [6.07, 6.45) is 5.24. The Morgan fingerprint density at radius 3 is 3.05 bits per heavy atom. The fraction of sp³-hybridized carbons (Fsp3) is 0.625. The lowest BCUT2D eigenvalue weighted by atomic mass is 9.99. The zero-order chi connectivity index (χ0) is 14.8. The molecule has 5 heteroatoms. The van der Waals surface area contributed by atoms with Gasteiger partial charge in [-0.1, -0.05) is 25.4 Å². The van der Waals surface area contributed by atoms with Gasteiger partial charge < -0.3 is 9.88 Å². The van der Waals surface area contributed by atoms with Crippen LogP contribution < -0.4 is 5.32 Å². The van der Waals surface area contributed by atoms with Crippen molar-refractivity contribution in [3.8, 4) is 0 Å². The predicted octanol–water partition coefficient (Wildman–Crippen LogP) is 3.28. The van der Waals surface area contributed by atoms with Crippen molar-refractivity contribution in [3.63, 3.8) is 0 Å². The van der Waals surface area contributed by atoms with E-state index >= 15 is 0 Å². The lowest BCUT2D eigenvalue weighted by Crippen LogP contribution is -2.32. The lowest BCUT2D eigenvalue weighted by Gasteiger charge is -2.24. The SMILES string of the molecule is CC(C)Cc1nc2cc(Cl)cnc2n1CC1CCCNC1. The van der Waals surface area contributed by atoms with E-state index in [-0.39, 0.29) is 0 Å². The summed E-state index contributed by atoms with van der Waals surface area (Å²) in [5.74, 6) is 2.39. The van der Waals surface area contributed by atoms with E-state index in [0.29, 0.717) is 16.9 Å². The van der Waals surface area contributed by atoms with Crippen LogP contribution >= 0.6 is 11.6 Å². The number of piperidine rings is 1. The molecule has 1 atom stereocenters. The summed E-state index contributed by atoms with van der Waals surface area (Å²) in [6.45, 7) is 7.70. The zero-order valence-electron chi connectivity index (χ0n) is 12.8. The van der Waals surface area contributed by atoms with Crippen molar-refractivity contribution in [3.05, 3.63) is 23.1 Å². The Balaban J connectivity index is 1.95. The number of aromatic nitrogens is 3. The topological polar surface area (TPSA) is 42.7 Å². The van der Waals surface area contributed by atoms with Gasteiger partial charge in [0.25, 0.3) is 0 Å². The highest BCUT2D eigenvalue weighted by molar-refractivity contribution is 6.31. The van der Waals surface area contributed by atoms with Gasteiger partial charge in [0, 0.05) is 19.2 Å². The van der Waals surface area contributed by atoms with Crippen LogP contribution in [0.15, 0.2) is 12.3 Å². The molecule has 1 saturated heterocycles. The maximum absolute atomic E-state index is 6.06. The lowest BCUT2D eigenvalue weighted by molar-refractivity contribution is 0.335. The second-order valence-corrected chi connectivity index (χ2v) is 6.88. The summed E-state index contributed by atoms with van der Waals surface area (Å²) < 4.78 is 2.31. The van der Waals surface area contributed by atoms with Crippen molar-refractivity contribution < 1.29 is 0 Å². The van der Waals surface area contributed by atoms with Crippen LogP contribution in [-0.4, -0.2) is 27.6 Å². The van der Waals surface area contributed by atoms with Crippen LogP contribution in [-0.2, 0) is 13.0 Å². The van der Waals surface area contributed by atoms with Crippen LogP contribution in [0.4, 0.5) is 0 Å². The predicted molar refractivity (Wildman–Crippen MR) is 86.7 cm³/mol. The van der Waals surface area contributed by atoms with Crippen molar-refractivity contribution in [2.45, 2.75) is 39.7 Å². The molecule has 4 nitrogen and oxygen atoms in total. The standard InChI is InChI=1S/C16H23ClN4/c1-11(2)6-15-20-14-7-13(17)9-19-16(14)21(15)10-12-4-3-5-18-8-12/h7,9,11-12,18H,3-6,8,10H2,1-2H3. The molecule has 0 saturated carbocycles. The van der Waals surface area contributed by atoms with Crippen LogP contribution in [0.25, 0.3) is 11.2 Å². The summed E-state index contributed by atoms with van der Waals surface area (Å²) in [5.41, 5.74) is 1.89. The van der Waals surface area contributed by atoms with Gasteiger partial charge in [-0.2, -0.15) is 0 Å². The van der Waals surface area contributed by atoms with E-state index in [1.165, 1.54) is 12.8 Å². The van der Waals surface area contributed by atoms with Crippen LogP contribution in [0.1, 0.15) is 32.5 Å². The number of hydrogen-bond acceptors (Lipinski definition) is 3. The minimum absolute atomic E-state index is 0.584. The maximum Gasteiger partial charge on any atom is 0.160 e. The zero-order valence-corrected chi connectivity index (χ0v) is 13.5. The number of nitrogens with one attached hydrogen (secondary N) is 1. The van der Waals surface area contributed by atoms with Gasteiger partial charge in [-0.3, -0.25) is 0 Å². The van der Waals surface area contributed by atoms with Gasteiger partial charge in [0.2, 0.25) is 0 Å². The molecule has 3 heterocycles. The average Bonchev–Trinajstić information content (AvgIpc) is 2.76. The first-order valence-electron chi connectivity index (χ1n) is 7.85. The Labute approximate surface area is 130 Å². The van der Waals surface area contributed by atoms with E-state index in [2.05, 4.69) is 28.7 Å². The van der Waals surface area contributed by atoms with Crippen molar-refractivity contribution in [2.24, 2.45) is 11.8 Å². The summed E-state index contributed by atoms with van der Waals surface area (Å²) in [7, 11) is 0. The van der Waals surface area contributed by atoms with Gasteiger partial charge in [0.1, 0.15) is 11.3 Å². The van der Waals surface area contributed by atoms with E-state index in [0.717, 1.165) is 43.0 Å². The molecule has 0 aromatic carbocycles. The van der Waals surface area contributed by atoms with Crippen molar-refractivity contribution >= 4 is 22.8 Å². The fourth-order valence-corrected chi connectivity index (χ4v) is 3.24. The maximum atomic E-state index is 6.06. The van der Waals surface area contributed by atoms with E-state index in [1.807, 2.05) is 6.07 Å². The Hall–Kier alpha value is -1.13. The Morgan fingerprint density at radius 2 is 2.33 bits per heavy atom. The summed E-state index contributed by atoms with van der Waals surface area (Å²) in [4.78, 5) is 9.30. The highest BCUT2D eigenvalue weighted by Crippen LogP contribution is 2.23. The Kier molecular flexibility index (Phi) is 4.45.